The fraction of sp³-hybridized carbons (Fsp3) is 1.00. The molecule has 2 atom stereocenters. The predicted molar refractivity (Wildman–Crippen MR) is 72.7 cm³/mol. The molecule has 2 fully saturated rings. The van der Waals surface area contributed by atoms with Gasteiger partial charge in [0.25, 0.3) is 0 Å². The van der Waals surface area contributed by atoms with Gasteiger partial charge >= 0.3 is 0 Å². The molecule has 18 heavy (non-hydrogen) atoms. The van der Waals surface area contributed by atoms with Gasteiger partial charge in [-0.2, -0.15) is 0 Å². The van der Waals surface area contributed by atoms with Gasteiger partial charge < -0.3 is 20.1 Å². The molecule has 0 aromatic heterocycles. The van der Waals surface area contributed by atoms with Crippen LogP contribution in [0.4, 0.5) is 0 Å². The minimum atomic E-state index is 0.437. The quantitative estimate of drug-likeness (QED) is 0.807. The van der Waals surface area contributed by atoms with Gasteiger partial charge in [-0.05, 0) is 38.5 Å². The van der Waals surface area contributed by atoms with Gasteiger partial charge in [-0.1, -0.05) is 0 Å². The van der Waals surface area contributed by atoms with Crippen molar-refractivity contribution in [1.82, 2.24) is 4.90 Å². The minimum absolute atomic E-state index is 0.437. The van der Waals surface area contributed by atoms with Crippen LogP contribution in [0.1, 0.15) is 38.5 Å². The van der Waals surface area contributed by atoms with Crippen LogP contribution in [0.3, 0.4) is 0 Å². The summed E-state index contributed by atoms with van der Waals surface area (Å²) in [6.07, 6.45) is 8.35. The number of methoxy groups -OCH3 is 1. The summed E-state index contributed by atoms with van der Waals surface area (Å²) >= 11 is 0. The highest BCUT2D eigenvalue weighted by Gasteiger charge is 2.29. The maximum atomic E-state index is 5.73. The van der Waals surface area contributed by atoms with E-state index in [0.29, 0.717) is 25.4 Å². The molecule has 4 heteroatoms. The molecule has 0 bridgehead atoms. The Kier molecular flexibility index (Phi) is 5.89. The first-order valence-corrected chi connectivity index (χ1v) is 7.42. The van der Waals surface area contributed by atoms with Gasteiger partial charge in [-0.3, -0.25) is 0 Å². The van der Waals surface area contributed by atoms with E-state index in [1.807, 2.05) is 7.11 Å². The summed E-state index contributed by atoms with van der Waals surface area (Å²) in [5.74, 6) is 0. The van der Waals surface area contributed by atoms with Crippen LogP contribution in [0.2, 0.25) is 0 Å². The summed E-state index contributed by atoms with van der Waals surface area (Å²) < 4.78 is 11.3. The highest BCUT2D eigenvalue weighted by Crippen LogP contribution is 2.27. The maximum absolute atomic E-state index is 5.73. The zero-order valence-corrected chi connectivity index (χ0v) is 11.6. The van der Waals surface area contributed by atoms with Gasteiger partial charge in [0.05, 0.1) is 18.8 Å². The maximum Gasteiger partial charge on any atom is 0.0600 e. The van der Waals surface area contributed by atoms with E-state index in [0.717, 1.165) is 18.9 Å². The lowest BCUT2D eigenvalue weighted by molar-refractivity contribution is -0.0194. The van der Waals surface area contributed by atoms with Gasteiger partial charge in [0, 0.05) is 32.8 Å². The minimum Gasteiger partial charge on any atom is -0.381 e. The second kappa shape index (κ2) is 7.43. The predicted octanol–water partition coefficient (Wildman–Crippen LogP) is 1.38. The molecule has 0 aromatic carbocycles. The molecule has 1 aliphatic carbocycles. The number of rotatable bonds is 5. The van der Waals surface area contributed by atoms with Gasteiger partial charge in [0.2, 0.25) is 0 Å². The topological polar surface area (TPSA) is 47.7 Å². The Hall–Kier alpha value is -0.160. The van der Waals surface area contributed by atoms with E-state index in [9.17, 15) is 0 Å². The van der Waals surface area contributed by atoms with Crippen molar-refractivity contribution in [2.75, 3.05) is 33.4 Å². The van der Waals surface area contributed by atoms with E-state index >= 15 is 0 Å². The summed E-state index contributed by atoms with van der Waals surface area (Å²) in [4.78, 5) is 2.65. The second-order valence-corrected chi connectivity index (χ2v) is 5.57. The molecule has 1 saturated carbocycles. The molecule has 0 spiro atoms. The van der Waals surface area contributed by atoms with E-state index < -0.39 is 0 Å². The van der Waals surface area contributed by atoms with Crippen molar-refractivity contribution in [2.24, 2.45) is 5.73 Å². The van der Waals surface area contributed by atoms with Crippen molar-refractivity contribution in [3.63, 3.8) is 0 Å². The third-order valence-corrected chi connectivity index (χ3v) is 4.40. The molecule has 1 aliphatic heterocycles. The van der Waals surface area contributed by atoms with Crippen molar-refractivity contribution >= 4 is 0 Å². The monoisotopic (exact) mass is 256 g/mol. The average molecular weight is 256 g/mol. The number of nitrogens with two attached hydrogens (primary N) is 1. The van der Waals surface area contributed by atoms with Crippen LogP contribution < -0.4 is 5.73 Å². The molecule has 4 nitrogen and oxygen atoms in total. The van der Waals surface area contributed by atoms with Gasteiger partial charge in [-0.25, -0.2) is 0 Å². The smallest absolute Gasteiger partial charge is 0.0600 e. The molecule has 106 valence electrons. The fourth-order valence-corrected chi connectivity index (χ4v) is 3.31. The number of nitrogens with zero attached hydrogens (tertiary/aromatic N) is 1. The van der Waals surface area contributed by atoms with Crippen LogP contribution in [-0.2, 0) is 9.47 Å². The van der Waals surface area contributed by atoms with E-state index in [-0.39, 0.29) is 0 Å². The van der Waals surface area contributed by atoms with Crippen molar-refractivity contribution in [2.45, 2.75) is 56.8 Å². The molecule has 2 aliphatic rings. The number of ether oxygens (including phenoxy) is 2. The Bertz CT molecular complexity index is 230. The normalized spacial score (nSPS) is 31.7. The standard InChI is InChI=1S/C14H28N2O2/c1-17-14-4-2-3-12(11-14)16-8-5-13(6-9-16)18-10-7-15/h12-14H,2-11,15H2,1H3. The zero-order chi connectivity index (χ0) is 12.8. The van der Waals surface area contributed by atoms with Crippen molar-refractivity contribution in [1.29, 1.82) is 0 Å². The molecule has 1 saturated heterocycles. The molecular formula is C14H28N2O2. The van der Waals surface area contributed by atoms with Gasteiger partial charge in [0.15, 0.2) is 0 Å². The molecule has 0 radical (unpaired) electrons. The summed E-state index contributed by atoms with van der Waals surface area (Å²) in [6.45, 7) is 3.70. The summed E-state index contributed by atoms with van der Waals surface area (Å²) in [5.41, 5.74) is 5.47. The Morgan fingerprint density at radius 1 is 1.11 bits per heavy atom. The van der Waals surface area contributed by atoms with Gasteiger partial charge in [0.1, 0.15) is 0 Å². The van der Waals surface area contributed by atoms with Crippen LogP contribution in [0.25, 0.3) is 0 Å². The molecule has 0 amide bonds. The molecule has 0 aromatic rings. The zero-order valence-electron chi connectivity index (χ0n) is 11.6. The first-order chi connectivity index (χ1) is 8.83. The lowest BCUT2D eigenvalue weighted by atomic mass is 9.90. The SMILES string of the molecule is COC1CCCC(N2CCC(OCCN)CC2)C1. The van der Waals surface area contributed by atoms with Crippen LogP contribution in [0.5, 0.6) is 0 Å². The number of piperidine rings is 1. The average Bonchev–Trinajstić information content (AvgIpc) is 2.46. The first-order valence-electron chi connectivity index (χ1n) is 7.42. The highest BCUT2D eigenvalue weighted by molar-refractivity contribution is 4.84. The van der Waals surface area contributed by atoms with Crippen molar-refractivity contribution in [3.05, 3.63) is 0 Å². The molecule has 1 heterocycles. The Morgan fingerprint density at radius 3 is 2.56 bits per heavy atom. The van der Waals surface area contributed by atoms with E-state index in [1.165, 1.54) is 38.8 Å². The lowest BCUT2D eigenvalue weighted by Gasteiger charge is -2.40. The van der Waals surface area contributed by atoms with Gasteiger partial charge in [-0.15, -0.1) is 0 Å². The van der Waals surface area contributed by atoms with E-state index in [1.54, 1.807) is 0 Å². The first kappa shape index (κ1) is 14.3. The molecule has 2 N–H and O–H groups in total. The summed E-state index contributed by atoms with van der Waals surface area (Å²) in [5, 5.41) is 0. The van der Waals surface area contributed by atoms with E-state index in [2.05, 4.69) is 4.90 Å². The number of likely N-dealkylation sites (tertiary alicyclic amines) is 1. The second-order valence-electron chi connectivity index (χ2n) is 5.57. The molecular weight excluding hydrogens is 228 g/mol. The highest BCUT2D eigenvalue weighted by atomic mass is 16.5. The van der Waals surface area contributed by atoms with Crippen LogP contribution in [0.15, 0.2) is 0 Å². The lowest BCUT2D eigenvalue weighted by Crippen LogP contribution is -2.46. The molecule has 2 unspecified atom stereocenters. The fourth-order valence-electron chi connectivity index (χ4n) is 3.31. The third kappa shape index (κ3) is 3.92. The van der Waals surface area contributed by atoms with Crippen molar-refractivity contribution in [3.8, 4) is 0 Å². The Labute approximate surface area is 111 Å². The number of hydrogen-bond acceptors (Lipinski definition) is 4. The Morgan fingerprint density at radius 2 is 1.89 bits per heavy atom. The third-order valence-electron chi connectivity index (χ3n) is 4.40. The number of hydrogen-bond donors (Lipinski definition) is 1. The largest absolute Gasteiger partial charge is 0.381 e. The summed E-state index contributed by atoms with van der Waals surface area (Å²) in [7, 11) is 1.85. The van der Waals surface area contributed by atoms with E-state index in [4.69, 9.17) is 15.2 Å². The summed E-state index contributed by atoms with van der Waals surface area (Å²) in [6, 6.07) is 0.735. The van der Waals surface area contributed by atoms with Crippen LogP contribution >= 0.6 is 0 Å². The molecule has 2 rings (SSSR count). The van der Waals surface area contributed by atoms with Crippen molar-refractivity contribution < 1.29 is 9.47 Å². The Balaban J connectivity index is 1.72. The van der Waals surface area contributed by atoms with Crippen LogP contribution in [0, 0.1) is 0 Å². The van der Waals surface area contributed by atoms with Crippen LogP contribution in [-0.4, -0.2) is 56.5 Å².